The van der Waals surface area contributed by atoms with E-state index < -0.39 is 0 Å². The van der Waals surface area contributed by atoms with E-state index >= 15 is 0 Å². The largest absolute Gasteiger partial charge is 0.310 e. The minimum atomic E-state index is -0.222. The smallest absolute Gasteiger partial charge is 0.0465 e. The second-order valence-electron chi connectivity index (χ2n) is 32.1. The third kappa shape index (κ3) is 11.1. The first kappa shape index (κ1) is 66.1. The summed E-state index contributed by atoms with van der Waals surface area (Å²) in [5.74, 6) is 0. The van der Waals surface area contributed by atoms with Crippen LogP contribution in [0.5, 0.6) is 0 Å². The Kier molecular flexibility index (Phi) is 15.7. The van der Waals surface area contributed by atoms with Gasteiger partial charge in [0.15, 0.2) is 0 Å². The fourth-order valence-corrected chi connectivity index (χ4v) is 18.2. The van der Waals surface area contributed by atoms with Gasteiger partial charge in [-0.2, -0.15) is 0 Å². The minimum absolute atomic E-state index is 0.120. The molecule has 0 aromatic heterocycles. The normalized spacial score (nSPS) is 14.5. The molecule has 0 heterocycles. The van der Waals surface area contributed by atoms with Crippen molar-refractivity contribution in [2.45, 2.75) is 77.0 Å². The molecule has 4 aliphatic rings. The van der Waals surface area contributed by atoms with E-state index in [1.165, 1.54) is 156 Å². The third-order valence-electron chi connectivity index (χ3n) is 24.3. The molecule has 0 bridgehead atoms. The van der Waals surface area contributed by atoms with Gasteiger partial charge in [0.05, 0.1) is 0 Å². The molecule has 19 rings (SSSR count). The van der Waals surface area contributed by atoms with Crippen molar-refractivity contribution in [1.82, 2.24) is 0 Å². The topological polar surface area (TPSA) is 6.48 Å². The predicted octanol–water partition coefficient (Wildman–Crippen LogP) is 28.9. The maximum atomic E-state index is 2.46. The second-order valence-corrected chi connectivity index (χ2v) is 32.1. The van der Waals surface area contributed by atoms with E-state index in [1.54, 1.807) is 0 Å². The average molecular weight is 1390 g/mol. The lowest BCUT2D eigenvalue weighted by atomic mass is 9.81. The molecule has 0 amide bonds. The van der Waals surface area contributed by atoms with E-state index in [0.717, 1.165) is 34.1 Å². The van der Waals surface area contributed by atoms with Crippen LogP contribution < -0.4 is 9.80 Å². The summed E-state index contributed by atoms with van der Waals surface area (Å²) in [4.78, 5) is 4.92. The fourth-order valence-electron chi connectivity index (χ4n) is 18.2. The zero-order valence-electron chi connectivity index (χ0n) is 62.5. The zero-order chi connectivity index (χ0) is 73.2. The number of hydrogen-bond donors (Lipinski definition) is 0. The predicted molar refractivity (Wildman–Crippen MR) is 459 cm³/mol. The molecule has 15 aromatic rings. The maximum Gasteiger partial charge on any atom is 0.0465 e. The molecule has 2 heteroatoms. The fraction of sp³-hybridized carbons (Fsp3) is 0.113. The molecule has 0 saturated heterocycles. The van der Waals surface area contributed by atoms with Crippen molar-refractivity contribution >= 4 is 58.4 Å². The van der Waals surface area contributed by atoms with Gasteiger partial charge in [0, 0.05) is 55.8 Å². The summed E-state index contributed by atoms with van der Waals surface area (Å²) in [6.45, 7) is 19.0. The standard InChI is InChI=1S/C106H84N2/c1-103(2)95-25-17-15-23-87(95)91-59-53-83(65-99(91)103)107(81-49-45-79(46-50-81)73-19-11-9-12-20-73)85-55-61-93-89-57-35-71(63-97(89)105(5,6)101(93)67-85)29-27-69-31-37-75(38-32-69)77-41-43-78(44-42-77)76-39-33-70(34-40-76)28-30-72-36-58-90-94-62-56-86(68-102(94)106(7,8)98(90)64-72)108(82-51-47-80(48-52-82)74-21-13-10-14-22-74)84-54-60-92-88-24-16-18-26-96(88)104(3,4)100(92)66-84/h9-68H,1-8H3/b29-27+,30-28+. The highest BCUT2D eigenvalue weighted by atomic mass is 15.1. The van der Waals surface area contributed by atoms with Crippen molar-refractivity contribution in [3.05, 3.63) is 406 Å². The first-order valence-corrected chi connectivity index (χ1v) is 38.2. The molecule has 0 atom stereocenters. The van der Waals surface area contributed by atoms with Crippen molar-refractivity contribution in [2.24, 2.45) is 0 Å². The number of anilines is 6. The van der Waals surface area contributed by atoms with Crippen molar-refractivity contribution in [3.8, 4) is 89.0 Å². The Morgan fingerprint density at radius 2 is 0.370 bits per heavy atom. The van der Waals surface area contributed by atoms with Crippen LogP contribution in [0.15, 0.2) is 340 Å². The van der Waals surface area contributed by atoms with Crippen molar-refractivity contribution < 1.29 is 0 Å². The summed E-state index contributed by atoms with van der Waals surface area (Å²) in [7, 11) is 0. The maximum absolute atomic E-state index is 2.46. The number of fused-ring (bicyclic) bond motifs is 12. The summed E-state index contributed by atoms with van der Waals surface area (Å²) in [6, 6.07) is 127. The SMILES string of the molecule is CC1(C)c2ccccc2-c2ccc(N(c3ccc(-c4ccccc4)cc3)c3ccc4c(c3)C(C)(C)c3cc(/C=C/c5ccc(-c6ccc(-c7ccc(/C=C/c8ccc9c(c8)C(C)(C)c8cc(N(c%10ccc(-c%11ccccc%11)cc%10)c%10ccc%11c(c%10)C(C)(C)c%10ccccc%10-%11)ccc8-9)cc7)cc6)cc5)ccc3-4)cc21. The lowest BCUT2D eigenvalue weighted by molar-refractivity contribution is 0.659. The average Bonchev–Trinajstić information content (AvgIpc) is 1.58. The molecule has 0 radical (unpaired) electrons. The molecule has 108 heavy (non-hydrogen) atoms. The highest BCUT2D eigenvalue weighted by Gasteiger charge is 2.41. The van der Waals surface area contributed by atoms with E-state index in [4.69, 9.17) is 0 Å². The molecule has 518 valence electrons. The molecule has 0 spiro atoms. The van der Waals surface area contributed by atoms with E-state index in [-0.39, 0.29) is 21.7 Å². The highest BCUT2D eigenvalue weighted by Crippen LogP contribution is 2.57. The zero-order valence-corrected chi connectivity index (χ0v) is 62.5. The monoisotopic (exact) mass is 1380 g/mol. The molecular formula is C106H84N2. The Hall–Kier alpha value is -12.6. The van der Waals surface area contributed by atoms with Crippen LogP contribution >= 0.6 is 0 Å². The van der Waals surface area contributed by atoms with Crippen molar-refractivity contribution in [1.29, 1.82) is 0 Å². The minimum Gasteiger partial charge on any atom is -0.310 e. The lowest BCUT2D eigenvalue weighted by Crippen LogP contribution is -2.18. The van der Waals surface area contributed by atoms with Gasteiger partial charge in [0.1, 0.15) is 0 Å². The van der Waals surface area contributed by atoms with Crippen molar-refractivity contribution in [2.75, 3.05) is 9.80 Å². The Bertz CT molecular complexity index is 5730. The Labute approximate surface area is 636 Å². The quantitative estimate of drug-likeness (QED) is 0.100. The Morgan fingerprint density at radius 1 is 0.167 bits per heavy atom. The molecule has 0 N–H and O–H groups in total. The summed E-state index contributed by atoms with van der Waals surface area (Å²) < 4.78 is 0. The summed E-state index contributed by atoms with van der Waals surface area (Å²) in [5.41, 5.74) is 41.9. The number of benzene rings is 15. The highest BCUT2D eigenvalue weighted by molar-refractivity contribution is 5.93. The lowest BCUT2D eigenvalue weighted by Gasteiger charge is -2.30. The van der Waals surface area contributed by atoms with Crippen LogP contribution in [0.3, 0.4) is 0 Å². The van der Waals surface area contributed by atoms with Crippen LogP contribution in [0.2, 0.25) is 0 Å². The van der Waals surface area contributed by atoms with Gasteiger partial charge in [-0.05, 0) is 229 Å². The van der Waals surface area contributed by atoms with E-state index in [9.17, 15) is 0 Å². The second kappa shape index (κ2) is 25.6. The summed E-state index contributed by atoms with van der Waals surface area (Å²) in [6.07, 6.45) is 9.02. The summed E-state index contributed by atoms with van der Waals surface area (Å²) >= 11 is 0. The third-order valence-corrected chi connectivity index (χ3v) is 24.3. The van der Waals surface area contributed by atoms with Gasteiger partial charge < -0.3 is 9.80 Å². The molecule has 2 nitrogen and oxygen atoms in total. The van der Waals surface area contributed by atoms with Crippen LogP contribution in [-0.2, 0) is 21.7 Å². The van der Waals surface area contributed by atoms with Gasteiger partial charge in [-0.3, -0.25) is 0 Å². The van der Waals surface area contributed by atoms with Gasteiger partial charge in [-0.1, -0.05) is 347 Å². The van der Waals surface area contributed by atoms with Gasteiger partial charge in [-0.15, -0.1) is 0 Å². The molecule has 4 aliphatic carbocycles. The van der Waals surface area contributed by atoms with Crippen molar-refractivity contribution in [3.63, 3.8) is 0 Å². The Morgan fingerprint density at radius 3 is 0.685 bits per heavy atom. The Balaban J connectivity index is 0.523. The van der Waals surface area contributed by atoms with Crippen LogP contribution in [0, 0.1) is 0 Å². The van der Waals surface area contributed by atoms with Crippen LogP contribution in [0.25, 0.3) is 113 Å². The van der Waals surface area contributed by atoms with Gasteiger partial charge in [-0.25, -0.2) is 0 Å². The van der Waals surface area contributed by atoms with Crippen LogP contribution in [-0.4, -0.2) is 0 Å². The molecule has 0 saturated carbocycles. The van der Waals surface area contributed by atoms with Gasteiger partial charge in [0.25, 0.3) is 0 Å². The first-order chi connectivity index (χ1) is 52.5. The van der Waals surface area contributed by atoms with Gasteiger partial charge in [0.2, 0.25) is 0 Å². The first-order valence-electron chi connectivity index (χ1n) is 38.2. The van der Waals surface area contributed by atoms with Gasteiger partial charge >= 0.3 is 0 Å². The van der Waals surface area contributed by atoms with Crippen LogP contribution in [0.1, 0.15) is 122 Å². The number of rotatable bonds is 14. The summed E-state index contributed by atoms with van der Waals surface area (Å²) in [5, 5.41) is 0. The molecular weight excluding hydrogens is 1300 g/mol. The molecule has 0 fully saturated rings. The molecule has 0 unspecified atom stereocenters. The van der Waals surface area contributed by atoms with E-state index in [0.29, 0.717) is 0 Å². The molecule has 15 aromatic carbocycles. The van der Waals surface area contributed by atoms with Crippen LogP contribution in [0.4, 0.5) is 34.1 Å². The number of nitrogens with zero attached hydrogens (tertiary/aromatic N) is 2. The molecule has 0 aliphatic heterocycles. The van der Waals surface area contributed by atoms with E-state index in [1.807, 2.05) is 0 Å². The van der Waals surface area contributed by atoms with E-state index in [2.05, 4.69) is 429 Å². The number of hydrogen-bond acceptors (Lipinski definition) is 2.